The van der Waals surface area contributed by atoms with Crippen LogP contribution in [0.5, 0.6) is 0 Å². The maximum absolute atomic E-state index is 13.8. The van der Waals surface area contributed by atoms with Crippen LogP contribution in [0.25, 0.3) is 32.0 Å². The fourth-order valence-electron chi connectivity index (χ4n) is 4.13. The third-order valence-corrected chi connectivity index (χ3v) is 6.91. The lowest BCUT2D eigenvalue weighted by Gasteiger charge is -2.20. The summed E-state index contributed by atoms with van der Waals surface area (Å²) in [6.45, 7) is 3.29. The molecule has 0 saturated carbocycles. The minimum atomic E-state index is -0.637. The molecule has 6 nitrogen and oxygen atoms in total. The van der Waals surface area contributed by atoms with Gasteiger partial charge >= 0.3 is 5.63 Å². The van der Waals surface area contributed by atoms with E-state index in [1.54, 1.807) is 17.0 Å². The zero-order valence-electron chi connectivity index (χ0n) is 19.8. The second-order valence-electron chi connectivity index (χ2n) is 8.73. The van der Waals surface area contributed by atoms with Gasteiger partial charge in [0.05, 0.1) is 10.2 Å². The van der Waals surface area contributed by atoms with Gasteiger partial charge in [0.1, 0.15) is 11.1 Å². The Morgan fingerprint density at radius 3 is 2.60 bits per heavy atom. The minimum Gasteiger partial charge on any atom is -0.422 e. The maximum Gasteiger partial charge on any atom is 0.349 e. The fraction of sp³-hybridized carbons (Fsp3) is 0.222. The number of carbonyl (C=O) groups excluding carboxylic acids is 1. The van der Waals surface area contributed by atoms with Crippen LogP contribution >= 0.6 is 23.7 Å². The molecule has 0 unspecified atom stereocenters. The normalized spacial score (nSPS) is 11.3. The van der Waals surface area contributed by atoms with Crippen molar-refractivity contribution in [1.82, 2.24) is 9.88 Å². The Kier molecular flexibility index (Phi) is 7.21. The van der Waals surface area contributed by atoms with Gasteiger partial charge in [-0.3, -0.25) is 9.69 Å². The summed E-state index contributed by atoms with van der Waals surface area (Å²) < 4.78 is 6.61. The molecule has 35 heavy (non-hydrogen) atoms. The van der Waals surface area contributed by atoms with Crippen LogP contribution in [0.4, 0.5) is 5.13 Å². The van der Waals surface area contributed by atoms with Gasteiger partial charge in [-0.1, -0.05) is 47.7 Å². The van der Waals surface area contributed by atoms with Crippen LogP contribution in [0.3, 0.4) is 0 Å². The zero-order chi connectivity index (χ0) is 23.8. The first-order valence-electron chi connectivity index (χ1n) is 11.2. The first kappa shape index (κ1) is 24.9. The van der Waals surface area contributed by atoms with Crippen molar-refractivity contribution in [3.05, 3.63) is 82.2 Å². The van der Waals surface area contributed by atoms with Gasteiger partial charge in [0, 0.05) is 11.9 Å². The molecule has 2 aromatic heterocycles. The van der Waals surface area contributed by atoms with Crippen LogP contribution in [0.2, 0.25) is 0 Å². The fourth-order valence-corrected chi connectivity index (χ4v) is 5.22. The maximum atomic E-state index is 13.8. The van der Waals surface area contributed by atoms with Gasteiger partial charge in [-0.25, -0.2) is 9.78 Å². The molecule has 2 heterocycles. The monoisotopic (exact) mass is 507 g/mol. The summed E-state index contributed by atoms with van der Waals surface area (Å²) in [6, 6.07) is 19.3. The summed E-state index contributed by atoms with van der Waals surface area (Å²) in [6.07, 6.45) is 0.746. The highest BCUT2D eigenvalue weighted by molar-refractivity contribution is 7.22. The average molecular weight is 508 g/mol. The molecule has 0 fully saturated rings. The van der Waals surface area contributed by atoms with E-state index >= 15 is 0 Å². The van der Waals surface area contributed by atoms with E-state index in [2.05, 4.69) is 11.0 Å². The Bertz CT molecular complexity index is 1590. The van der Waals surface area contributed by atoms with Crippen molar-refractivity contribution in [2.75, 3.05) is 32.1 Å². The van der Waals surface area contributed by atoms with E-state index in [4.69, 9.17) is 9.40 Å². The average Bonchev–Trinajstić information content (AvgIpc) is 3.23. The van der Waals surface area contributed by atoms with Crippen molar-refractivity contribution in [3.8, 4) is 0 Å². The molecule has 3 aromatic carbocycles. The number of aryl methyl sites for hydroxylation is 1. The Labute approximate surface area is 213 Å². The van der Waals surface area contributed by atoms with Crippen LogP contribution in [0.1, 0.15) is 22.3 Å². The highest BCUT2D eigenvalue weighted by Gasteiger charge is 2.25. The first-order valence-corrected chi connectivity index (χ1v) is 12.0. The van der Waals surface area contributed by atoms with Gasteiger partial charge < -0.3 is 9.32 Å². The Morgan fingerprint density at radius 1 is 1.00 bits per heavy atom. The van der Waals surface area contributed by atoms with Crippen molar-refractivity contribution in [3.63, 3.8) is 0 Å². The topological polar surface area (TPSA) is 66.7 Å². The molecule has 0 bridgehead atoms. The van der Waals surface area contributed by atoms with E-state index in [0.717, 1.165) is 44.9 Å². The Balaban J connectivity index is 0.00000289. The summed E-state index contributed by atoms with van der Waals surface area (Å²) in [7, 11) is 3.99. The highest BCUT2D eigenvalue weighted by Crippen LogP contribution is 2.31. The molecule has 0 spiro atoms. The number of hydrogen-bond acceptors (Lipinski definition) is 6. The molecular formula is C27H26ClN3O3S. The number of hydrogen-bond donors (Lipinski definition) is 0. The smallest absolute Gasteiger partial charge is 0.349 e. The first-order chi connectivity index (χ1) is 16.4. The van der Waals surface area contributed by atoms with Crippen LogP contribution in [0.15, 0.2) is 69.9 Å². The van der Waals surface area contributed by atoms with E-state index in [1.807, 2.05) is 63.5 Å². The largest absolute Gasteiger partial charge is 0.422 e. The van der Waals surface area contributed by atoms with Crippen molar-refractivity contribution < 1.29 is 9.21 Å². The molecule has 5 rings (SSSR count). The SMILES string of the molecule is Cc1ccc2nc(N(CCCN(C)C)C(=O)c3cc4c(ccc5ccccc54)oc3=O)sc2c1.Cl. The minimum absolute atomic E-state index is 0. The van der Waals surface area contributed by atoms with Gasteiger partial charge in [0.2, 0.25) is 0 Å². The highest BCUT2D eigenvalue weighted by atomic mass is 35.5. The summed E-state index contributed by atoms with van der Waals surface area (Å²) >= 11 is 1.46. The number of fused-ring (bicyclic) bond motifs is 4. The molecule has 180 valence electrons. The molecule has 8 heteroatoms. The van der Waals surface area contributed by atoms with E-state index in [0.29, 0.717) is 17.3 Å². The predicted octanol–water partition coefficient (Wildman–Crippen LogP) is 5.88. The molecule has 1 amide bonds. The van der Waals surface area contributed by atoms with Crippen LogP contribution in [-0.4, -0.2) is 43.0 Å². The van der Waals surface area contributed by atoms with E-state index in [9.17, 15) is 9.59 Å². The van der Waals surface area contributed by atoms with Gasteiger partial charge in [0.25, 0.3) is 5.91 Å². The van der Waals surface area contributed by atoms with Crippen molar-refractivity contribution in [2.24, 2.45) is 0 Å². The van der Waals surface area contributed by atoms with E-state index in [1.165, 1.54) is 11.3 Å². The number of nitrogens with zero attached hydrogens (tertiary/aromatic N) is 3. The second kappa shape index (κ2) is 10.2. The molecule has 0 saturated heterocycles. The summed E-state index contributed by atoms with van der Waals surface area (Å²) in [4.78, 5) is 35.1. The number of halogens is 1. The molecule has 0 N–H and O–H groups in total. The van der Waals surface area contributed by atoms with Crippen LogP contribution in [-0.2, 0) is 0 Å². The molecule has 0 atom stereocenters. The molecule has 0 aliphatic heterocycles. The standard InChI is InChI=1S/C27H25N3O3S.ClH/c1-17-9-11-22-24(15-17)34-27(28-22)30(14-6-13-29(2)3)25(31)21-16-20-19-8-5-4-7-18(19)10-12-23(20)33-26(21)32;/h4-5,7-12,15-16H,6,13-14H2,1-3H3;1H. The van der Waals surface area contributed by atoms with Crippen LogP contribution in [0, 0.1) is 6.92 Å². The van der Waals surface area contributed by atoms with Gasteiger partial charge in [-0.15, -0.1) is 12.4 Å². The Hall–Kier alpha value is -3.26. The molecule has 0 aliphatic rings. The second-order valence-corrected chi connectivity index (χ2v) is 9.74. The lowest BCUT2D eigenvalue weighted by atomic mass is 10.0. The number of benzene rings is 3. The number of thiazole rings is 1. The quantitative estimate of drug-likeness (QED) is 0.212. The number of amides is 1. The van der Waals surface area contributed by atoms with E-state index in [-0.39, 0.29) is 18.0 Å². The number of rotatable bonds is 6. The lowest BCUT2D eigenvalue weighted by Crippen LogP contribution is -2.36. The third-order valence-electron chi connectivity index (χ3n) is 5.87. The predicted molar refractivity (Wildman–Crippen MR) is 146 cm³/mol. The van der Waals surface area contributed by atoms with Gasteiger partial charge in [0.15, 0.2) is 5.13 Å². The summed E-state index contributed by atoms with van der Waals surface area (Å²) in [5.41, 5.74) is 1.82. The zero-order valence-corrected chi connectivity index (χ0v) is 21.4. The Morgan fingerprint density at radius 2 is 1.80 bits per heavy atom. The third kappa shape index (κ3) is 4.93. The summed E-state index contributed by atoms with van der Waals surface area (Å²) in [5.74, 6) is -0.391. The van der Waals surface area contributed by atoms with Gasteiger partial charge in [-0.2, -0.15) is 0 Å². The molecular weight excluding hydrogens is 482 g/mol. The molecule has 0 aliphatic carbocycles. The molecule has 5 aromatic rings. The molecule has 0 radical (unpaired) electrons. The lowest BCUT2D eigenvalue weighted by molar-refractivity contribution is 0.0982. The summed E-state index contributed by atoms with van der Waals surface area (Å²) in [5, 5.41) is 3.29. The van der Waals surface area contributed by atoms with Crippen molar-refractivity contribution >= 4 is 66.7 Å². The van der Waals surface area contributed by atoms with Crippen LogP contribution < -0.4 is 10.5 Å². The van der Waals surface area contributed by atoms with E-state index < -0.39 is 11.5 Å². The number of anilines is 1. The van der Waals surface area contributed by atoms with Gasteiger partial charge in [-0.05, 0) is 74.6 Å². The van der Waals surface area contributed by atoms with Crippen molar-refractivity contribution in [2.45, 2.75) is 13.3 Å². The number of aromatic nitrogens is 1. The number of carbonyl (C=O) groups is 1. The van der Waals surface area contributed by atoms with Crippen molar-refractivity contribution in [1.29, 1.82) is 0 Å².